The van der Waals surface area contributed by atoms with Crippen molar-refractivity contribution >= 4 is 89.5 Å². The summed E-state index contributed by atoms with van der Waals surface area (Å²) in [5, 5.41) is 6.10. The molecular weight excluding hydrogens is 446 g/mol. The molecule has 2 aliphatic rings. The van der Waals surface area contributed by atoms with Crippen LogP contribution in [0.25, 0.3) is 0 Å². The van der Waals surface area contributed by atoms with Crippen LogP contribution in [0.15, 0.2) is 12.2 Å². The van der Waals surface area contributed by atoms with E-state index in [1.54, 1.807) is 21.9 Å². The van der Waals surface area contributed by atoms with Crippen molar-refractivity contribution in [3.8, 4) is 0 Å². The maximum absolute atomic E-state index is 3.05. The van der Waals surface area contributed by atoms with Gasteiger partial charge in [-0.2, -0.15) is 0 Å². The van der Waals surface area contributed by atoms with Gasteiger partial charge in [0.25, 0.3) is 0 Å². The van der Waals surface area contributed by atoms with Gasteiger partial charge in [0.05, 0.1) is 9.73 Å². The molecular formula is C12H26S2Sn2. The van der Waals surface area contributed by atoms with Gasteiger partial charge in [-0.3, -0.25) is 0 Å². The molecule has 0 atom stereocenters. The number of hydrogen-bond acceptors (Lipinski definition) is 0. The van der Waals surface area contributed by atoms with E-state index >= 15 is 0 Å². The summed E-state index contributed by atoms with van der Waals surface area (Å²) in [4.78, 5) is 2.60. The maximum atomic E-state index is 3.05. The molecule has 4 heteroatoms. The quantitative estimate of drug-likeness (QED) is 0.372. The number of hydrogen-bond donors (Lipinski definition) is 0. The average Bonchev–Trinajstić information content (AvgIpc) is 2.15. The molecule has 94 valence electrons. The van der Waals surface area contributed by atoms with Crippen molar-refractivity contribution in [2.24, 2.45) is 0 Å². The first-order valence-electron chi connectivity index (χ1n) is 2.22. The van der Waals surface area contributed by atoms with E-state index in [9.17, 15) is 0 Å². The second-order valence-electron chi connectivity index (χ2n) is 1.46. The summed E-state index contributed by atoms with van der Waals surface area (Å²) in [5.41, 5.74) is 0. The van der Waals surface area contributed by atoms with Gasteiger partial charge in [0.2, 0.25) is 0 Å². The number of allylic oxidation sites excluding steroid dienone is 2. The van der Waals surface area contributed by atoms with Gasteiger partial charge in [-0.1, -0.05) is 76.5 Å². The van der Waals surface area contributed by atoms with Gasteiger partial charge >= 0.3 is 0 Å². The molecule has 0 bridgehead atoms. The monoisotopic (exact) mass is 474 g/mol. The molecule has 0 aromatic carbocycles. The zero-order chi connectivity index (χ0) is 5.40. The van der Waals surface area contributed by atoms with Crippen LogP contribution in [-0.2, 0) is 0 Å². The van der Waals surface area contributed by atoms with Crippen LogP contribution < -0.4 is 0 Å². The standard InChI is InChI=1S/C6H2S2.6CH4.2Sn/c1-3-7-6-2-4-8-5(1)6;;;;;;;;/h1-2H;6*1H4;;. The topological polar surface area (TPSA) is 0 Å². The van der Waals surface area contributed by atoms with Crippen LogP contribution in [-0.4, -0.2) is 67.6 Å². The SMILES string of the molecule is C.C.C.C.C.C.C1=CC2=S=C=CC2=S=1.[Sn].[Sn]. The Bertz CT molecular complexity index is 309. The second-order valence-corrected chi connectivity index (χ2v) is 3.22. The van der Waals surface area contributed by atoms with E-state index in [2.05, 4.69) is 10.0 Å². The Morgan fingerprint density at radius 2 is 0.875 bits per heavy atom. The van der Waals surface area contributed by atoms with Crippen molar-refractivity contribution < 1.29 is 0 Å². The zero-order valence-electron chi connectivity index (χ0n) is 4.97. The summed E-state index contributed by atoms with van der Waals surface area (Å²) in [7, 11) is 3.30. The minimum absolute atomic E-state index is 0. The van der Waals surface area contributed by atoms with Crippen LogP contribution >= 0.6 is 21.9 Å². The summed E-state index contributed by atoms with van der Waals surface area (Å²) < 4.78 is 0. The van der Waals surface area contributed by atoms with Gasteiger partial charge in [-0.25, -0.2) is 0 Å². The van der Waals surface area contributed by atoms with E-state index in [4.69, 9.17) is 0 Å². The molecule has 0 N–H and O–H groups in total. The van der Waals surface area contributed by atoms with Crippen LogP contribution in [0, 0.1) is 0 Å². The normalized spacial score (nSPS) is 9.50. The van der Waals surface area contributed by atoms with E-state index in [0.717, 1.165) is 0 Å². The molecule has 0 aromatic heterocycles. The van der Waals surface area contributed by atoms with E-state index in [-0.39, 0.29) is 92.4 Å². The Hall–Kier alpha value is 1.08. The first-order chi connectivity index (χ1) is 3.97. The van der Waals surface area contributed by atoms with E-state index in [1.165, 1.54) is 9.73 Å². The van der Waals surface area contributed by atoms with Crippen molar-refractivity contribution in [2.75, 3.05) is 0 Å². The van der Waals surface area contributed by atoms with Crippen molar-refractivity contribution in [3.63, 3.8) is 0 Å². The maximum Gasteiger partial charge on any atom is 0.0624 e. The molecule has 0 aromatic rings. The summed E-state index contributed by atoms with van der Waals surface area (Å²) >= 11 is 0. The molecule has 0 unspecified atom stereocenters. The minimum Gasteiger partial charge on any atom is -0.0908 e. The Morgan fingerprint density at radius 1 is 0.625 bits per heavy atom. The van der Waals surface area contributed by atoms with Crippen molar-refractivity contribution in [1.82, 2.24) is 0 Å². The molecule has 0 saturated carbocycles. The third-order valence-corrected chi connectivity index (χ3v) is 2.68. The fourth-order valence-corrected chi connectivity index (χ4v) is 2.16. The smallest absolute Gasteiger partial charge is 0.0624 e. The van der Waals surface area contributed by atoms with Gasteiger partial charge in [-0.15, -0.1) is 0 Å². The molecule has 2 aliphatic heterocycles. The van der Waals surface area contributed by atoms with E-state index < -0.39 is 0 Å². The number of rotatable bonds is 0. The van der Waals surface area contributed by atoms with Gasteiger partial charge in [0.1, 0.15) is 0 Å². The van der Waals surface area contributed by atoms with Crippen LogP contribution in [0.5, 0.6) is 0 Å². The van der Waals surface area contributed by atoms with E-state index in [0.29, 0.717) is 0 Å². The molecule has 0 fully saturated rings. The molecule has 0 aliphatic carbocycles. The van der Waals surface area contributed by atoms with Gasteiger partial charge in [0, 0.05) is 60.0 Å². The van der Waals surface area contributed by atoms with Crippen molar-refractivity contribution in [1.29, 1.82) is 0 Å². The van der Waals surface area contributed by atoms with Crippen LogP contribution in [0.3, 0.4) is 0 Å². The third kappa shape index (κ3) is 10.2. The molecule has 8 radical (unpaired) electrons. The van der Waals surface area contributed by atoms with Crippen molar-refractivity contribution in [2.45, 2.75) is 44.6 Å². The van der Waals surface area contributed by atoms with Crippen LogP contribution in [0.1, 0.15) is 44.6 Å². The Kier molecular flexibility index (Phi) is 58.1. The van der Waals surface area contributed by atoms with Gasteiger partial charge < -0.3 is 0 Å². The Labute approximate surface area is 145 Å². The predicted octanol–water partition coefficient (Wildman–Crippen LogP) is 3.79. The molecule has 0 spiro atoms. The minimum atomic E-state index is 0. The summed E-state index contributed by atoms with van der Waals surface area (Å²) in [6.07, 6.45) is 4.00. The van der Waals surface area contributed by atoms with Gasteiger partial charge in [-0.05, 0) is 0 Å². The zero-order valence-corrected chi connectivity index (χ0v) is 12.3. The molecule has 0 amide bonds. The molecule has 2 rings (SSSR count). The van der Waals surface area contributed by atoms with Crippen molar-refractivity contribution in [3.05, 3.63) is 12.2 Å². The second kappa shape index (κ2) is 21.4. The van der Waals surface area contributed by atoms with Crippen LogP contribution in [0.2, 0.25) is 0 Å². The predicted molar refractivity (Wildman–Crippen MR) is 96.2 cm³/mol. The Morgan fingerprint density at radius 3 is 1.12 bits per heavy atom. The fraction of sp³-hybridized carbons (Fsp3) is 0.500. The van der Waals surface area contributed by atoms with Crippen LogP contribution in [0.4, 0.5) is 0 Å². The number of fused-ring (bicyclic) bond motifs is 1. The average molecular weight is 472 g/mol. The summed E-state index contributed by atoms with van der Waals surface area (Å²) in [5.74, 6) is 0. The van der Waals surface area contributed by atoms with Gasteiger partial charge in [0.15, 0.2) is 0 Å². The fourth-order valence-electron chi connectivity index (χ4n) is 0.595. The molecule has 0 nitrogen and oxygen atoms in total. The third-order valence-electron chi connectivity index (χ3n) is 0.961. The largest absolute Gasteiger partial charge is 0.0908 e. The molecule has 0 saturated heterocycles. The Balaban J connectivity index is -0.0000000202. The summed E-state index contributed by atoms with van der Waals surface area (Å²) in [6, 6.07) is 0. The summed E-state index contributed by atoms with van der Waals surface area (Å²) in [6.45, 7) is 0. The first-order valence-corrected chi connectivity index (χ1v) is 3.85. The molecule has 2 heterocycles. The first kappa shape index (κ1) is 43.5. The van der Waals surface area contributed by atoms with E-state index in [1.807, 2.05) is 12.2 Å². The molecule has 16 heavy (non-hydrogen) atoms.